The quantitative estimate of drug-likeness (QED) is 0.742. The van der Waals surface area contributed by atoms with Crippen molar-refractivity contribution in [1.29, 1.82) is 0 Å². The number of carbonyl (C=O) groups excluding carboxylic acids is 2. The zero-order valence-electron chi connectivity index (χ0n) is 12.6. The van der Waals surface area contributed by atoms with Crippen LogP contribution in [0, 0.1) is 0 Å². The predicted octanol–water partition coefficient (Wildman–Crippen LogP) is 4.64. The van der Waals surface area contributed by atoms with Crippen LogP contribution >= 0.6 is 22.9 Å². The standard InChI is InChI=1S/C14H11ClF3N3O3S/c1-2-24-11(22)9-10(14(16,17)18)20-13(25-9)21-12(23)19-8-5-3-4-7(15)6-8/h3-6H,2H2,1H3,(H2,19,20,21,23). The molecule has 1 heterocycles. The molecule has 2 amide bonds. The van der Waals surface area contributed by atoms with E-state index in [0.717, 1.165) is 0 Å². The van der Waals surface area contributed by atoms with Gasteiger partial charge in [-0.2, -0.15) is 13.2 Å². The van der Waals surface area contributed by atoms with Crippen LogP contribution in [0.4, 0.5) is 28.8 Å². The van der Waals surface area contributed by atoms with Crippen LogP contribution in [-0.2, 0) is 10.9 Å². The highest BCUT2D eigenvalue weighted by molar-refractivity contribution is 7.17. The largest absolute Gasteiger partial charge is 0.462 e. The molecule has 0 spiro atoms. The van der Waals surface area contributed by atoms with Gasteiger partial charge in [-0.3, -0.25) is 5.32 Å². The van der Waals surface area contributed by atoms with Gasteiger partial charge >= 0.3 is 18.2 Å². The Morgan fingerprint density at radius 1 is 1.32 bits per heavy atom. The highest BCUT2D eigenvalue weighted by Gasteiger charge is 2.40. The normalized spacial score (nSPS) is 11.1. The minimum absolute atomic E-state index is 0.0912. The number of carbonyl (C=O) groups is 2. The first kappa shape index (κ1) is 19.0. The smallest absolute Gasteiger partial charge is 0.435 e. The van der Waals surface area contributed by atoms with Gasteiger partial charge in [-0.1, -0.05) is 29.0 Å². The van der Waals surface area contributed by atoms with Crippen molar-refractivity contribution in [2.45, 2.75) is 13.1 Å². The molecule has 0 bridgehead atoms. The third-order valence-corrected chi connectivity index (χ3v) is 3.85. The van der Waals surface area contributed by atoms with Crippen molar-refractivity contribution in [3.8, 4) is 0 Å². The number of nitrogens with zero attached hydrogens (tertiary/aromatic N) is 1. The van der Waals surface area contributed by atoms with Crippen LogP contribution in [0.1, 0.15) is 22.3 Å². The van der Waals surface area contributed by atoms with Gasteiger partial charge in [0.2, 0.25) is 0 Å². The Bertz CT molecular complexity index is 795. The average Bonchev–Trinajstić information content (AvgIpc) is 2.91. The second-order valence-corrected chi connectivity index (χ2v) is 5.94. The second-order valence-electron chi connectivity index (χ2n) is 4.50. The first-order valence-electron chi connectivity index (χ1n) is 6.79. The monoisotopic (exact) mass is 393 g/mol. The van der Waals surface area contributed by atoms with E-state index < -0.39 is 33.9 Å². The zero-order valence-corrected chi connectivity index (χ0v) is 14.2. The highest BCUT2D eigenvalue weighted by atomic mass is 35.5. The number of benzene rings is 1. The molecule has 11 heteroatoms. The lowest BCUT2D eigenvalue weighted by atomic mass is 10.3. The van der Waals surface area contributed by atoms with Gasteiger partial charge in [0.1, 0.15) is 4.88 Å². The van der Waals surface area contributed by atoms with Crippen LogP contribution in [0.25, 0.3) is 0 Å². The predicted molar refractivity (Wildman–Crippen MR) is 87.2 cm³/mol. The van der Waals surface area contributed by atoms with Crippen molar-refractivity contribution in [3.05, 3.63) is 39.9 Å². The third kappa shape index (κ3) is 5.07. The lowest BCUT2D eigenvalue weighted by Crippen LogP contribution is -2.19. The number of esters is 1. The zero-order chi connectivity index (χ0) is 18.6. The Hall–Kier alpha value is -2.33. The first-order chi connectivity index (χ1) is 11.7. The van der Waals surface area contributed by atoms with Gasteiger partial charge < -0.3 is 10.1 Å². The fraction of sp³-hybridized carbons (Fsp3) is 0.214. The molecule has 0 aliphatic rings. The van der Waals surface area contributed by atoms with Crippen molar-refractivity contribution in [2.24, 2.45) is 0 Å². The molecular weight excluding hydrogens is 383 g/mol. The number of halogens is 4. The van der Waals surface area contributed by atoms with Gasteiger partial charge in [0.15, 0.2) is 10.8 Å². The maximum absolute atomic E-state index is 13.0. The van der Waals surface area contributed by atoms with Gasteiger partial charge in [0, 0.05) is 10.7 Å². The van der Waals surface area contributed by atoms with E-state index in [1.807, 2.05) is 0 Å². The number of nitrogens with one attached hydrogen (secondary N) is 2. The average molecular weight is 394 g/mol. The summed E-state index contributed by atoms with van der Waals surface area (Å²) in [6, 6.07) is 5.33. The number of hydrogen-bond acceptors (Lipinski definition) is 5. The van der Waals surface area contributed by atoms with Crippen molar-refractivity contribution in [2.75, 3.05) is 17.2 Å². The SMILES string of the molecule is CCOC(=O)c1sc(NC(=O)Nc2cccc(Cl)c2)nc1C(F)(F)F. The van der Waals surface area contributed by atoms with E-state index in [1.165, 1.54) is 13.0 Å². The fourth-order valence-electron chi connectivity index (χ4n) is 1.73. The summed E-state index contributed by atoms with van der Waals surface area (Å²) < 4.78 is 43.5. The third-order valence-electron chi connectivity index (χ3n) is 2.66. The minimum atomic E-state index is -4.86. The highest BCUT2D eigenvalue weighted by Crippen LogP contribution is 2.36. The van der Waals surface area contributed by atoms with Crippen molar-refractivity contribution >= 4 is 45.8 Å². The number of aromatic nitrogens is 1. The maximum Gasteiger partial charge on any atom is 0.435 e. The van der Waals surface area contributed by atoms with Gasteiger partial charge in [-0.25, -0.2) is 14.6 Å². The number of rotatable bonds is 4. The van der Waals surface area contributed by atoms with Crippen LogP contribution in [0.5, 0.6) is 0 Å². The molecule has 0 saturated heterocycles. The Kier molecular flexibility index (Phi) is 5.85. The number of ether oxygens (including phenoxy) is 1. The summed E-state index contributed by atoms with van der Waals surface area (Å²) in [5.74, 6) is -1.16. The summed E-state index contributed by atoms with van der Waals surface area (Å²) in [5, 5.41) is 4.51. The summed E-state index contributed by atoms with van der Waals surface area (Å²) in [6.07, 6.45) is -4.86. The van der Waals surface area contributed by atoms with Crippen LogP contribution in [-0.4, -0.2) is 23.6 Å². The summed E-state index contributed by atoms with van der Waals surface area (Å²) in [6.45, 7) is 1.37. The van der Waals surface area contributed by atoms with Crippen molar-refractivity contribution < 1.29 is 27.5 Å². The maximum atomic E-state index is 13.0. The number of amides is 2. The summed E-state index contributed by atoms with van der Waals surface area (Å²) >= 11 is 6.14. The molecule has 2 aromatic rings. The Morgan fingerprint density at radius 2 is 2.04 bits per heavy atom. The van der Waals surface area contributed by atoms with Crippen LogP contribution < -0.4 is 10.6 Å². The molecule has 0 unspecified atom stereocenters. The molecule has 0 atom stereocenters. The summed E-state index contributed by atoms with van der Waals surface area (Å²) in [4.78, 5) is 26.1. The molecule has 1 aromatic heterocycles. The number of urea groups is 1. The summed E-state index contributed by atoms with van der Waals surface area (Å²) in [7, 11) is 0. The van der Waals surface area contributed by atoms with E-state index in [2.05, 4.69) is 20.4 Å². The molecule has 0 saturated carbocycles. The fourth-order valence-corrected chi connectivity index (χ4v) is 2.79. The molecule has 6 nitrogen and oxygen atoms in total. The molecular formula is C14H11ClF3N3O3S. The second kappa shape index (κ2) is 7.70. The van der Waals surface area contributed by atoms with Gasteiger partial charge in [0.05, 0.1) is 6.61 Å². The Morgan fingerprint density at radius 3 is 2.64 bits per heavy atom. The van der Waals surface area contributed by atoms with Gasteiger partial charge in [0.25, 0.3) is 0 Å². The van der Waals surface area contributed by atoms with E-state index in [4.69, 9.17) is 11.6 Å². The van der Waals surface area contributed by atoms with Crippen molar-refractivity contribution in [3.63, 3.8) is 0 Å². The minimum Gasteiger partial charge on any atom is -0.462 e. The Labute approximate surface area is 149 Å². The Balaban J connectivity index is 2.19. The topological polar surface area (TPSA) is 80.3 Å². The lowest BCUT2D eigenvalue weighted by molar-refractivity contribution is -0.141. The van der Waals surface area contributed by atoms with Crippen LogP contribution in [0.15, 0.2) is 24.3 Å². The van der Waals surface area contributed by atoms with Crippen molar-refractivity contribution in [1.82, 2.24) is 4.98 Å². The number of alkyl halides is 3. The van der Waals surface area contributed by atoms with E-state index in [9.17, 15) is 22.8 Å². The van der Waals surface area contributed by atoms with Gasteiger partial charge in [-0.15, -0.1) is 0 Å². The summed E-state index contributed by atoms with van der Waals surface area (Å²) in [5.41, 5.74) is -1.07. The van der Waals surface area contributed by atoms with E-state index in [0.29, 0.717) is 22.0 Å². The molecule has 0 aliphatic carbocycles. The van der Waals surface area contributed by atoms with Crippen LogP contribution in [0.3, 0.4) is 0 Å². The van der Waals surface area contributed by atoms with E-state index in [-0.39, 0.29) is 6.61 Å². The molecule has 134 valence electrons. The lowest BCUT2D eigenvalue weighted by Gasteiger charge is -2.05. The molecule has 0 aliphatic heterocycles. The molecule has 2 N–H and O–H groups in total. The number of hydrogen-bond donors (Lipinski definition) is 2. The molecule has 25 heavy (non-hydrogen) atoms. The van der Waals surface area contributed by atoms with E-state index in [1.54, 1.807) is 18.2 Å². The molecule has 1 aromatic carbocycles. The van der Waals surface area contributed by atoms with E-state index >= 15 is 0 Å². The first-order valence-corrected chi connectivity index (χ1v) is 7.99. The molecule has 0 radical (unpaired) electrons. The number of anilines is 2. The molecule has 0 fully saturated rings. The number of thiazole rings is 1. The van der Waals surface area contributed by atoms with Crippen LogP contribution in [0.2, 0.25) is 5.02 Å². The van der Waals surface area contributed by atoms with Gasteiger partial charge in [-0.05, 0) is 25.1 Å². The molecule has 2 rings (SSSR count).